The van der Waals surface area contributed by atoms with E-state index in [1.54, 1.807) is 18.2 Å². The molecule has 1 aliphatic heterocycles. The second-order valence-electron chi connectivity index (χ2n) is 4.50. The summed E-state index contributed by atoms with van der Waals surface area (Å²) in [5.74, 6) is 0.0501. The van der Waals surface area contributed by atoms with Crippen molar-refractivity contribution in [2.45, 2.75) is 0 Å². The molecule has 0 aromatic heterocycles. The molecule has 4 amide bonds. The maximum absolute atomic E-state index is 12.3. The van der Waals surface area contributed by atoms with Gasteiger partial charge in [-0.15, -0.1) is 0 Å². The third-order valence-electron chi connectivity index (χ3n) is 3.21. The standard InChI is InChI=1S/C14H17N3O5/c1-21-9-4-3-5-10(22-2)12(9)13(19)15-6-7-17-11(18)8-16-14(17)20/h3-5H,6-8H2,1-2H3,(H,15,19)(H,16,20). The second-order valence-corrected chi connectivity index (χ2v) is 4.50. The zero-order valence-corrected chi connectivity index (χ0v) is 12.3. The van der Waals surface area contributed by atoms with Crippen LogP contribution in [0.5, 0.6) is 11.5 Å². The molecule has 0 bridgehead atoms. The van der Waals surface area contributed by atoms with Crippen molar-refractivity contribution < 1.29 is 23.9 Å². The van der Waals surface area contributed by atoms with Gasteiger partial charge >= 0.3 is 6.03 Å². The van der Waals surface area contributed by atoms with Gasteiger partial charge < -0.3 is 20.1 Å². The van der Waals surface area contributed by atoms with E-state index in [1.165, 1.54) is 14.2 Å². The maximum atomic E-state index is 12.3. The van der Waals surface area contributed by atoms with Crippen LogP contribution in [-0.4, -0.2) is 56.6 Å². The molecule has 1 aliphatic rings. The number of hydrogen-bond donors (Lipinski definition) is 2. The van der Waals surface area contributed by atoms with Gasteiger partial charge in [-0.05, 0) is 12.1 Å². The predicted octanol–water partition coefficient (Wildman–Crippen LogP) is -0.0146. The predicted molar refractivity (Wildman–Crippen MR) is 77.0 cm³/mol. The van der Waals surface area contributed by atoms with Crippen molar-refractivity contribution in [3.63, 3.8) is 0 Å². The molecule has 8 nitrogen and oxygen atoms in total. The minimum atomic E-state index is -0.450. The monoisotopic (exact) mass is 307 g/mol. The number of carbonyl (C=O) groups is 3. The van der Waals surface area contributed by atoms with Crippen LogP contribution >= 0.6 is 0 Å². The summed E-state index contributed by atoms with van der Waals surface area (Å²) in [5, 5.41) is 5.05. The zero-order valence-electron chi connectivity index (χ0n) is 12.3. The molecule has 1 heterocycles. The van der Waals surface area contributed by atoms with E-state index >= 15 is 0 Å². The first-order valence-electron chi connectivity index (χ1n) is 6.66. The molecule has 0 spiro atoms. The topological polar surface area (TPSA) is 97.0 Å². The van der Waals surface area contributed by atoms with Gasteiger partial charge in [-0.1, -0.05) is 6.07 Å². The average Bonchev–Trinajstić information content (AvgIpc) is 2.85. The molecule has 8 heteroatoms. The highest BCUT2D eigenvalue weighted by Gasteiger charge is 2.28. The van der Waals surface area contributed by atoms with E-state index in [9.17, 15) is 14.4 Å². The van der Waals surface area contributed by atoms with Gasteiger partial charge in [0.25, 0.3) is 5.91 Å². The molecule has 0 unspecified atom stereocenters. The van der Waals surface area contributed by atoms with E-state index in [4.69, 9.17) is 9.47 Å². The third-order valence-corrected chi connectivity index (χ3v) is 3.21. The Labute approximate surface area is 127 Å². The number of ether oxygens (including phenoxy) is 2. The van der Waals surface area contributed by atoms with E-state index in [-0.39, 0.29) is 31.1 Å². The Morgan fingerprint density at radius 3 is 2.41 bits per heavy atom. The number of benzene rings is 1. The number of nitrogens with zero attached hydrogens (tertiary/aromatic N) is 1. The van der Waals surface area contributed by atoms with Crippen molar-refractivity contribution in [3.05, 3.63) is 23.8 Å². The molecule has 1 fully saturated rings. The van der Waals surface area contributed by atoms with E-state index in [0.29, 0.717) is 11.5 Å². The molecule has 118 valence electrons. The number of carbonyl (C=O) groups excluding carboxylic acids is 3. The third kappa shape index (κ3) is 3.11. The lowest BCUT2D eigenvalue weighted by Gasteiger charge is -2.15. The maximum Gasteiger partial charge on any atom is 0.324 e. The van der Waals surface area contributed by atoms with Crippen molar-refractivity contribution >= 4 is 17.8 Å². The van der Waals surface area contributed by atoms with Crippen LogP contribution in [0.4, 0.5) is 4.79 Å². The number of urea groups is 1. The highest BCUT2D eigenvalue weighted by molar-refractivity contribution is 6.02. The molecule has 1 aromatic carbocycles. The smallest absolute Gasteiger partial charge is 0.324 e. The van der Waals surface area contributed by atoms with Gasteiger partial charge in [0.2, 0.25) is 5.91 Å². The van der Waals surface area contributed by atoms with Gasteiger partial charge in [0, 0.05) is 13.1 Å². The summed E-state index contributed by atoms with van der Waals surface area (Å²) in [7, 11) is 2.91. The number of methoxy groups -OCH3 is 2. The van der Waals surface area contributed by atoms with Gasteiger partial charge in [0.15, 0.2) is 0 Å². The number of amides is 4. The minimum absolute atomic E-state index is 0.00683. The fourth-order valence-corrected chi connectivity index (χ4v) is 2.13. The van der Waals surface area contributed by atoms with Crippen LogP contribution in [-0.2, 0) is 4.79 Å². The molecule has 1 saturated heterocycles. The van der Waals surface area contributed by atoms with Crippen LogP contribution in [0, 0.1) is 0 Å². The summed E-state index contributed by atoms with van der Waals surface area (Å²) in [6.45, 7) is 0.236. The van der Waals surface area contributed by atoms with Crippen LogP contribution in [0.1, 0.15) is 10.4 Å². The minimum Gasteiger partial charge on any atom is -0.496 e. The summed E-state index contributed by atoms with van der Waals surface area (Å²) >= 11 is 0. The normalized spacial score (nSPS) is 13.8. The Balaban J connectivity index is 2.01. The fraction of sp³-hybridized carbons (Fsp3) is 0.357. The Bertz CT molecular complexity index is 564. The lowest BCUT2D eigenvalue weighted by molar-refractivity contribution is -0.124. The number of nitrogens with one attached hydrogen (secondary N) is 2. The second kappa shape index (κ2) is 6.79. The molecule has 0 aliphatic carbocycles. The summed E-state index contributed by atoms with van der Waals surface area (Å²) in [6.07, 6.45) is 0. The van der Waals surface area contributed by atoms with Crippen molar-refractivity contribution in [2.24, 2.45) is 0 Å². The van der Waals surface area contributed by atoms with Gasteiger partial charge in [-0.25, -0.2) is 4.79 Å². The lowest BCUT2D eigenvalue weighted by atomic mass is 10.1. The van der Waals surface area contributed by atoms with E-state index in [1.807, 2.05) is 0 Å². The summed E-state index contributed by atoms with van der Waals surface area (Å²) in [4.78, 5) is 36.1. The number of hydrogen-bond acceptors (Lipinski definition) is 5. The van der Waals surface area contributed by atoms with Gasteiger partial charge in [-0.2, -0.15) is 0 Å². The Hall–Kier alpha value is -2.77. The van der Waals surface area contributed by atoms with E-state index in [2.05, 4.69) is 10.6 Å². The molecule has 0 atom stereocenters. The molecule has 2 rings (SSSR count). The van der Waals surface area contributed by atoms with Crippen molar-refractivity contribution in [2.75, 3.05) is 33.9 Å². The summed E-state index contributed by atoms with van der Waals surface area (Å²) in [6, 6.07) is 4.56. The van der Waals surface area contributed by atoms with Crippen LogP contribution in [0.3, 0.4) is 0 Å². The molecule has 1 aromatic rings. The average molecular weight is 307 g/mol. The summed E-state index contributed by atoms with van der Waals surface area (Å²) in [5.41, 5.74) is 0.268. The highest BCUT2D eigenvalue weighted by Crippen LogP contribution is 2.27. The SMILES string of the molecule is COc1cccc(OC)c1C(=O)NCCN1C(=O)CNC1=O. The number of rotatable bonds is 6. The first kappa shape index (κ1) is 15.6. The molecular weight excluding hydrogens is 290 g/mol. The Morgan fingerprint density at radius 1 is 1.27 bits per heavy atom. The molecule has 0 radical (unpaired) electrons. The molecule has 2 N–H and O–H groups in total. The van der Waals surface area contributed by atoms with Crippen LogP contribution < -0.4 is 20.1 Å². The van der Waals surface area contributed by atoms with E-state index in [0.717, 1.165) is 4.90 Å². The van der Waals surface area contributed by atoms with Gasteiger partial charge in [0.05, 0.1) is 20.8 Å². The van der Waals surface area contributed by atoms with Crippen molar-refractivity contribution in [1.82, 2.24) is 15.5 Å². The highest BCUT2D eigenvalue weighted by atomic mass is 16.5. The molecule has 22 heavy (non-hydrogen) atoms. The molecular formula is C14H17N3O5. The first-order chi connectivity index (χ1) is 10.6. The fourth-order valence-electron chi connectivity index (χ4n) is 2.13. The van der Waals surface area contributed by atoms with Gasteiger partial charge in [-0.3, -0.25) is 14.5 Å². The van der Waals surface area contributed by atoms with Crippen LogP contribution in [0.2, 0.25) is 0 Å². The quantitative estimate of drug-likeness (QED) is 0.720. The molecule has 0 saturated carbocycles. The summed E-state index contributed by atoms with van der Waals surface area (Å²) < 4.78 is 10.3. The van der Waals surface area contributed by atoms with Crippen LogP contribution in [0.15, 0.2) is 18.2 Å². The van der Waals surface area contributed by atoms with E-state index < -0.39 is 11.9 Å². The van der Waals surface area contributed by atoms with Crippen LogP contribution in [0.25, 0.3) is 0 Å². The van der Waals surface area contributed by atoms with Gasteiger partial charge in [0.1, 0.15) is 17.1 Å². The number of imide groups is 1. The largest absolute Gasteiger partial charge is 0.496 e. The zero-order chi connectivity index (χ0) is 16.1. The Kier molecular flexibility index (Phi) is 4.82. The van der Waals surface area contributed by atoms with Crippen molar-refractivity contribution in [3.8, 4) is 11.5 Å². The Morgan fingerprint density at radius 2 is 1.91 bits per heavy atom. The first-order valence-corrected chi connectivity index (χ1v) is 6.66. The lowest BCUT2D eigenvalue weighted by Crippen LogP contribution is -2.38. The van der Waals surface area contributed by atoms with Crippen molar-refractivity contribution in [1.29, 1.82) is 0 Å².